The molecular formula is C20H20N4O3. The van der Waals surface area contributed by atoms with Crippen LogP contribution < -0.4 is 10.9 Å². The fraction of sp³-hybridized carbons (Fsp3) is 0.300. The number of nitrogens with one attached hydrogen (secondary N) is 1. The molecule has 1 aromatic carbocycles. The van der Waals surface area contributed by atoms with Crippen LogP contribution in [0.15, 0.2) is 41.2 Å². The number of nitriles is 1. The van der Waals surface area contributed by atoms with Crippen molar-refractivity contribution >= 4 is 11.9 Å². The molecule has 0 saturated carbocycles. The van der Waals surface area contributed by atoms with E-state index in [-0.39, 0.29) is 30.1 Å². The summed E-state index contributed by atoms with van der Waals surface area (Å²) in [6.45, 7) is 3.92. The van der Waals surface area contributed by atoms with Crippen molar-refractivity contribution in [3.8, 4) is 6.07 Å². The van der Waals surface area contributed by atoms with Gasteiger partial charge in [-0.25, -0.2) is 4.79 Å². The topological polar surface area (TPSA) is 95.2 Å². The first-order chi connectivity index (χ1) is 12.9. The van der Waals surface area contributed by atoms with Gasteiger partial charge in [0.05, 0.1) is 0 Å². The van der Waals surface area contributed by atoms with Crippen molar-refractivity contribution in [2.24, 2.45) is 0 Å². The van der Waals surface area contributed by atoms with Crippen LogP contribution in [-0.4, -0.2) is 34.0 Å². The number of aromatic nitrogens is 1. The third kappa shape index (κ3) is 3.60. The van der Waals surface area contributed by atoms with E-state index in [0.717, 1.165) is 5.56 Å². The highest BCUT2D eigenvalue weighted by molar-refractivity contribution is 6.04. The van der Waals surface area contributed by atoms with E-state index < -0.39 is 12.1 Å². The van der Waals surface area contributed by atoms with Gasteiger partial charge in [-0.1, -0.05) is 30.3 Å². The van der Waals surface area contributed by atoms with Crippen molar-refractivity contribution in [3.63, 3.8) is 0 Å². The van der Waals surface area contributed by atoms with Crippen molar-refractivity contribution in [1.82, 2.24) is 14.8 Å². The maximum Gasteiger partial charge on any atom is 0.324 e. The van der Waals surface area contributed by atoms with E-state index in [1.807, 2.05) is 36.4 Å². The number of hydrogen-bond acceptors (Lipinski definition) is 4. The Morgan fingerprint density at radius 3 is 2.48 bits per heavy atom. The smallest absolute Gasteiger partial charge is 0.310 e. The average molecular weight is 364 g/mol. The molecule has 1 fully saturated rings. The van der Waals surface area contributed by atoms with Crippen molar-refractivity contribution < 1.29 is 9.59 Å². The van der Waals surface area contributed by atoms with Gasteiger partial charge < -0.3 is 9.47 Å². The van der Waals surface area contributed by atoms with E-state index in [0.29, 0.717) is 17.7 Å². The molecule has 7 heteroatoms. The summed E-state index contributed by atoms with van der Waals surface area (Å²) in [4.78, 5) is 38.4. The summed E-state index contributed by atoms with van der Waals surface area (Å²) in [5, 5.41) is 11.5. The highest BCUT2D eigenvalue weighted by Crippen LogP contribution is 2.15. The first-order valence-electron chi connectivity index (χ1n) is 8.69. The van der Waals surface area contributed by atoms with E-state index in [1.165, 1.54) is 9.47 Å². The number of rotatable bonds is 5. The fourth-order valence-corrected chi connectivity index (χ4v) is 3.39. The molecule has 0 bridgehead atoms. The second kappa shape index (κ2) is 7.46. The summed E-state index contributed by atoms with van der Waals surface area (Å²) in [6, 6.07) is 12.1. The Kier molecular flexibility index (Phi) is 5.08. The Morgan fingerprint density at radius 1 is 1.11 bits per heavy atom. The van der Waals surface area contributed by atoms with Crippen molar-refractivity contribution in [2.75, 3.05) is 6.54 Å². The number of amides is 3. The van der Waals surface area contributed by atoms with Gasteiger partial charge in [0.1, 0.15) is 17.7 Å². The van der Waals surface area contributed by atoms with Crippen molar-refractivity contribution in [3.05, 3.63) is 69.1 Å². The third-order valence-electron chi connectivity index (χ3n) is 4.82. The molecule has 1 aromatic heterocycles. The van der Waals surface area contributed by atoms with Crippen LogP contribution in [0.3, 0.4) is 0 Å². The lowest BCUT2D eigenvalue weighted by Crippen LogP contribution is -2.40. The van der Waals surface area contributed by atoms with E-state index in [4.69, 9.17) is 0 Å². The molecular weight excluding hydrogens is 344 g/mol. The monoisotopic (exact) mass is 364 g/mol. The standard InChI is InChI=1S/C20H20N4O3/c1-13-10-14(2)23(19(26)16(13)12-21)8-9-24-17(18(25)22-20(24)27)11-15-6-4-3-5-7-15/h3-7,10,17H,8-9,11H2,1-2H3,(H,22,25,27)/t17-/m0/s1. The maximum absolute atomic E-state index is 12.5. The van der Waals surface area contributed by atoms with Gasteiger partial charge in [-0.3, -0.25) is 14.9 Å². The van der Waals surface area contributed by atoms with Crippen LogP contribution in [0.25, 0.3) is 0 Å². The van der Waals surface area contributed by atoms with Gasteiger partial charge in [0.15, 0.2) is 0 Å². The lowest BCUT2D eigenvalue weighted by atomic mass is 10.1. The number of hydrogen-bond donors (Lipinski definition) is 1. The zero-order chi connectivity index (χ0) is 19.6. The van der Waals surface area contributed by atoms with Gasteiger partial charge in [0.2, 0.25) is 0 Å². The predicted molar refractivity (Wildman–Crippen MR) is 99.1 cm³/mol. The number of nitrogens with zero attached hydrogens (tertiary/aromatic N) is 3. The summed E-state index contributed by atoms with van der Waals surface area (Å²) >= 11 is 0. The molecule has 1 saturated heterocycles. The van der Waals surface area contributed by atoms with Gasteiger partial charge in [-0.05, 0) is 31.0 Å². The second-order valence-electron chi connectivity index (χ2n) is 6.61. The first kappa shape index (κ1) is 18.4. The molecule has 27 heavy (non-hydrogen) atoms. The van der Waals surface area contributed by atoms with Crippen LogP contribution in [0.2, 0.25) is 0 Å². The quantitative estimate of drug-likeness (QED) is 0.814. The molecule has 138 valence electrons. The number of urea groups is 1. The van der Waals surface area contributed by atoms with Crippen LogP contribution in [0, 0.1) is 25.2 Å². The Hall–Kier alpha value is -3.40. The van der Waals surface area contributed by atoms with Gasteiger partial charge >= 0.3 is 6.03 Å². The summed E-state index contributed by atoms with van der Waals surface area (Å²) in [5.74, 6) is -0.338. The van der Waals surface area contributed by atoms with E-state index >= 15 is 0 Å². The lowest BCUT2D eigenvalue weighted by Gasteiger charge is -2.23. The molecule has 3 amide bonds. The molecule has 7 nitrogen and oxygen atoms in total. The molecule has 0 unspecified atom stereocenters. The molecule has 1 aliphatic rings. The number of aryl methyl sites for hydroxylation is 2. The largest absolute Gasteiger partial charge is 0.324 e. The fourth-order valence-electron chi connectivity index (χ4n) is 3.39. The summed E-state index contributed by atoms with van der Waals surface area (Å²) in [6.07, 6.45) is 0.406. The number of carbonyl (C=O) groups is 2. The van der Waals surface area contributed by atoms with Crippen LogP contribution in [0.1, 0.15) is 22.4 Å². The maximum atomic E-state index is 12.5. The molecule has 3 rings (SSSR count). The molecule has 0 radical (unpaired) electrons. The summed E-state index contributed by atoms with van der Waals surface area (Å²) < 4.78 is 1.47. The first-order valence-corrected chi connectivity index (χ1v) is 8.69. The number of carbonyl (C=O) groups excluding carboxylic acids is 2. The van der Waals surface area contributed by atoms with E-state index in [1.54, 1.807) is 19.9 Å². The van der Waals surface area contributed by atoms with E-state index in [9.17, 15) is 19.6 Å². The molecule has 0 aliphatic carbocycles. The summed E-state index contributed by atoms with van der Waals surface area (Å²) in [5.41, 5.74) is 2.02. The Bertz CT molecular complexity index is 989. The van der Waals surface area contributed by atoms with Gasteiger partial charge in [0.25, 0.3) is 11.5 Å². The minimum Gasteiger partial charge on any atom is -0.310 e. The van der Waals surface area contributed by atoms with Crippen molar-refractivity contribution in [2.45, 2.75) is 32.9 Å². The van der Waals surface area contributed by atoms with Gasteiger partial charge in [-0.2, -0.15) is 5.26 Å². The minimum atomic E-state index is -0.614. The molecule has 2 aromatic rings. The van der Waals surface area contributed by atoms with Crippen LogP contribution in [0.5, 0.6) is 0 Å². The number of imide groups is 1. The van der Waals surface area contributed by atoms with Gasteiger partial charge in [-0.15, -0.1) is 0 Å². The lowest BCUT2D eigenvalue weighted by molar-refractivity contribution is -0.121. The Balaban J connectivity index is 1.82. The second-order valence-corrected chi connectivity index (χ2v) is 6.61. The van der Waals surface area contributed by atoms with Crippen LogP contribution in [-0.2, 0) is 17.8 Å². The SMILES string of the molecule is Cc1cc(C)n(CCN2C(=O)NC(=O)[C@@H]2Cc2ccccc2)c(=O)c1C#N. The molecule has 1 N–H and O–H groups in total. The zero-order valence-corrected chi connectivity index (χ0v) is 15.2. The number of pyridine rings is 1. The Labute approximate surface area is 156 Å². The summed E-state index contributed by atoms with van der Waals surface area (Å²) in [7, 11) is 0. The Morgan fingerprint density at radius 2 is 1.81 bits per heavy atom. The zero-order valence-electron chi connectivity index (χ0n) is 15.2. The average Bonchev–Trinajstić information content (AvgIpc) is 2.89. The third-order valence-corrected chi connectivity index (χ3v) is 4.82. The highest BCUT2D eigenvalue weighted by Gasteiger charge is 2.37. The van der Waals surface area contributed by atoms with Gasteiger partial charge in [0, 0.05) is 25.2 Å². The normalized spacial score (nSPS) is 16.3. The number of benzene rings is 1. The molecule has 2 heterocycles. The molecule has 1 aliphatic heterocycles. The molecule has 1 atom stereocenters. The minimum absolute atomic E-state index is 0.100. The van der Waals surface area contributed by atoms with Crippen LogP contribution >= 0.6 is 0 Å². The van der Waals surface area contributed by atoms with E-state index in [2.05, 4.69) is 5.32 Å². The molecule has 0 spiro atoms. The predicted octanol–water partition coefficient (Wildman–Crippen LogP) is 1.50. The highest BCUT2D eigenvalue weighted by atomic mass is 16.2. The van der Waals surface area contributed by atoms with Crippen molar-refractivity contribution in [1.29, 1.82) is 5.26 Å². The van der Waals surface area contributed by atoms with Crippen LogP contribution in [0.4, 0.5) is 4.79 Å².